The molecule has 1 aliphatic rings. The average Bonchev–Trinajstić information content (AvgIpc) is 3.45. The summed E-state index contributed by atoms with van der Waals surface area (Å²) in [4.78, 5) is 27.1. The van der Waals surface area contributed by atoms with E-state index in [9.17, 15) is 9.59 Å². The van der Waals surface area contributed by atoms with Gasteiger partial charge in [0.2, 0.25) is 11.8 Å². The van der Waals surface area contributed by atoms with Crippen LogP contribution >= 0.6 is 23.4 Å². The molecule has 1 saturated heterocycles. The maximum Gasteiger partial charge on any atom is 0.243 e. The molecule has 3 aromatic rings. The lowest BCUT2D eigenvalue weighted by molar-refractivity contribution is -0.128. The van der Waals surface area contributed by atoms with Crippen LogP contribution in [0, 0.1) is 0 Å². The highest BCUT2D eigenvalue weighted by atomic mass is 35.5. The van der Waals surface area contributed by atoms with Gasteiger partial charge in [0.25, 0.3) is 0 Å². The number of amidine groups is 1. The quantitative estimate of drug-likeness (QED) is 0.334. The number of anilines is 1. The summed E-state index contributed by atoms with van der Waals surface area (Å²) in [6.07, 6.45) is 6.77. The van der Waals surface area contributed by atoms with E-state index in [0.717, 1.165) is 5.56 Å². The normalized spacial score (nSPS) is 17.3. The summed E-state index contributed by atoms with van der Waals surface area (Å²) in [6.45, 7) is 0.211. The van der Waals surface area contributed by atoms with Gasteiger partial charge in [0.05, 0.1) is 12.8 Å². The Kier molecular flexibility index (Phi) is 7.95. The first kappa shape index (κ1) is 23.5. The van der Waals surface area contributed by atoms with E-state index in [1.165, 1.54) is 16.7 Å². The van der Waals surface area contributed by atoms with Crippen molar-refractivity contribution >= 4 is 58.3 Å². The standard InChI is InChI=1S/C25H21ClN4O3S/c26-19-10-12-20(13-11-19)28-23(31)16-22-24(32)30(17-21-9-5-15-33-21)25(34-22)29-27-14-4-8-18-6-2-1-3-7-18/h1-15,22H,16-17H2,(H,28,31)/b8-4+,27-14-,29-25-/t22-/m0/s1. The van der Waals surface area contributed by atoms with Gasteiger partial charge in [-0.2, -0.15) is 5.10 Å². The fraction of sp³-hybridized carbons (Fsp3) is 0.120. The monoisotopic (exact) mass is 492 g/mol. The summed E-state index contributed by atoms with van der Waals surface area (Å²) in [5, 5.41) is 11.5. The van der Waals surface area contributed by atoms with E-state index in [1.54, 1.807) is 55.0 Å². The van der Waals surface area contributed by atoms with Gasteiger partial charge in [-0.15, -0.1) is 5.10 Å². The Balaban J connectivity index is 1.44. The van der Waals surface area contributed by atoms with Crippen molar-refractivity contribution in [3.8, 4) is 0 Å². The molecule has 0 unspecified atom stereocenters. The lowest BCUT2D eigenvalue weighted by atomic mass is 10.2. The molecule has 1 aromatic heterocycles. The van der Waals surface area contributed by atoms with Crippen LogP contribution in [0.2, 0.25) is 5.02 Å². The third-order valence-corrected chi connectivity index (χ3v) is 6.21. The summed E-state index contributed by atoms with van der Waals surface area (Å²) in [5.41, 5.74) is 1.65. The zero-order chi connectivity index (χ0) is 23.8. The predicted molar refractivity (Wildman–Crippen MR) is 137 cm³/mol. The van der Waals surface area contributed by atoms with Crippen molar-refractivity contribution in [3.63, 3.8) is 0 Å². The van der Waals surface area contributed by atoms with Crippen molar-refractivity contribution in [3.05, 3.63) is 95.4 Å². The smallest absolute Gasteiger partial charge is 0.243 e. The van der Waals surface area contributed by atoms with Crippen LogP contribution in [0.3, 0.4) is 0 Å². The van der Waals surface area contributed by atoms with E-state index in [1.807, 2.05) is 36.4 Å². The summed E-state index contributed by atoms with van der Waals surface area (Å²) in [5.74, 6) is 0.115. The minimum absolute atomic E-state index is 0.00255. The molecule has 1 N–H and O–H groups in total. The minimum atomic E-state index is -0.615. The van der Waals surface area contributed by atoms with Gasteiger partial charge in [-0.25, -0.2) is 0 Å². The molecule has 7 nitrogen and oxygen atoms in total. The molecule has 2 amide bonds. The molecule has 34 heavy (non-hydrogen) atoms. The summed E-state index contributed by atoms with van der Waals surface area (Å²) in [7, 11) is 0. The Morgan fingerprint density at radius 2 is 1.91 bits per heavy atom. The number of nitrogens with one attached hydrogen (secondary N) is 1. The van der Waals surface area contributed by atoms with Crippen LogP contribution in [0.4, 0.5) is 5.69 Å². The van der Waals surface area contributed by atoms with Crippen LogP contribution in [0.25, 0.3) is 6.08 Å². The first-order valence-corrected chi connectivity index (χ1v) is 11.7. The van der Waals surface area contributed by atoms with Crippen molar-refractivity contribution in [2.24, 2.45) is 10.2 Å². The molecule has 0 saturated carbocycles. The first-order chi connectivity index (χ1) is 16.6. The Morgan fingerprint density at radius 3 is 2.65 bits per heavy atom. The van der Waals surface area contributed by atoms with Crippen LogP contribution in [0.1, 0.15) is 17.7 Å². The van der Waals surface area contributed by atoms with Crippen molar-refractivity contribution in [1.82, 2.24) is 4.90 Å². The number of furan rings is 1. The molecule has 1 aliphatic heterocycles. The zero-order valence-electron chi connectivity index (χ0n) is 18.0. The van der Waals surface area contributed by atoms with Gasteiger partial charge in [0.15, 0.2) is 5.17 Å². The second-order valence-corrected chi connectivity index (χ2v) is 8.89. The number of amides is 2. The molecule has 1 fully saturated rings. The number of benzene rings is 2. The van der Waals surface area contributed by atoms with Crippen LogP contribution in [0.15, 0.2) is 93.7 Å². The largest absolute Gasteiger partial charge is 0.467 e. The third-order valence-electron chi connectivity index (χ3n) is 4.80. The Bertz CT molecular complexity index is 1210. The molecule has 0 spiro atoms. The number of hydrogen-bond acceptors (Lipinski definition) is 6. The second kappa shape index (κ2) is 11.5. The highest BCUT2D eigenvalue weighted by Gasteiger charge is 2.39. The van der Waals surface area contributed by atoms with Gasteiger partial charge < -0.3 is 9.73 Å². The summed E-state index contributed by atoms with van der Waals surface area (Å²) < 4.78 is 5.39. The highest BCUT2D eigenvalue weighted by molar-refractivity contribution is 8.15. The van der Waals surface area contributed by atoms with E-state index in [0.29, 0.717) is 21.6 Å². The number of thioether (sulfide) groups is 1. The number of carbonyl (C=O) groups excluding carboxylic acids is 2. The van der Waals surface area contributed by atoms with Crippen LogP contribution < -0.4 is 5.32 Å². The van der Waals surface area contributed by atoms with Crippen LogP contribution in [0.5, 0.6) is 0 Å². The molecule has 0 bridgehead atoms. The summed E-state index contributed by atoms with van der Waals surface area (Å²) >= 11 is 7.09. The fourth-order valence-electron chi connectivity index (χ4n) is 3.17. The molecule has 1 atom stereocenters. The topological polar surface area (TPSA) is 87.3 Å². The van der Waals surface area contributed by atoms with Gasteiger partial charge in [-0.05, 0) is 48.0 Å². The van der Waals surface area contributed by atoms with Crippen molar-refractivity contribution in [2.75, 3.05) is 5.32 Å². The molecule has 2 aromatic carbocycles. The maximum atomic E-state index is 13.1. The van der Waals surface area contributed by atoms with Gasteiger partial charge >= 0.3 is 0 Å². The molecule has 4 rings (SSSR count). The van der Waals surface area contributed by atoms with Crippen molar-refractivity contribution in [1.29, 1.82) is 0 Å². The maximum absolute atomic E-state index is 13.1. The lowest BCUT2D eigenvalue weighted by Crippen LogP contribution is -2.33. The van der Waals surface area contributed by atoms with Gasteiger partial charge in [0, 0.05) is 23.3 Å². The number of halogens is 1. The first-order valence-electron chi connectivity index (χ1n) is 10.5. The van der Waals surface area contributed by atoms with Gasteiger partial charge in [-0.1, -0.05) is 59.8 Å². The van der Waals surface area contributed by atoms with Gasteiger partial charge in [-0.3, -0.25) is 14.5 Å². The molecular formula is C25H21ClN4O3S. The molecule has 172 valence electrons. The van der Waals surface area contributed by atoms with Crippen molar-refractivity contribution < 1.29 is 14.0 Å². The van der Waals surface area contributed by atoms with Crippen molar-refractivity contribution in [2.45, 2.75) is 18.2 Å². The Labute approximate surface area is 206 Å². The average molecular weight is 493 g/mol. The summed E-state index contributed by atoms with van der Waals surface area (Å²) in [6, 6.07) is 20.1. The molecule has 0 aliphatic carbocycles. The zero-order valence-corrected chi connectivity index (χ0v) is 19.6. The minimum Gasteiger partial charge on any atom is -0.467 e. The number of allylic oxidation sites excluding steroid dienone is 1. The molecular weight excluding hydrogens is 472 g/mol. The predicted octanol–water partition coefficient (Wildman–Crippen LogP) is 5.46. The number of carbonyl (C=O) groups is 2. The molecule has 9 heteroatoms. The molecule has 0 radical (unpaired) electrons. The van der Waals surface area contributed by atoms with Crippen LogP contribution in [-0.4, -0.2) is 33.3 Å². The number of hydrogen-bond donors (Lipinski definition) is 1. The Hall–Kier alpha value is -3.62. The number of nitrogens with zero attached hydrogens (tertiary/aromatic N) is 3. The fourth-order valence-corrected chi connectivity index (χ4v) is 4.39. The highest BCUT2D eigenvalue weighted by Crippen LogP contribution is 2.31. The van der Waals surface area contributed by atoms with E-state index in [4.69, 9.17) is 16.0 Å². The van der Waals surface area contributed by atoms with E-state index in [-0.39, 0.29) is 24.8 Å². The van der Waals surface area contributed by atoms with Gasteiger partial charge in [0.1, 0.15) is 11.0 Å². The SMILES string of the molecule is O=C(C[C@@H]1S\C(=N/N=C\C=C\c2ccccc2)N(Cc2ccco2)C1=O)Nc1ccc(Cl)cc1. The van der Waals surface area contributed by atoms with Crippen LogP contribution in [-0.2, 0) is 16.1 Å². The van der Waals surface area contributed by atoms with E-state index < -0.39 is 5.25 Å². The van der Waals surface area contributed by atoms with E-state index >= 15 is 0 Å². The third kappa shape index (κ3) is 6.46. The second-order valence-electron chi connectivity index (χ2n) is 7.29. The molecule has 2 heterocycles. The Morgan fingerprint density at radius 1 is 1.12 bits per heavy atom. The number of rotatable bonds is 8. The van der Waals surface area contributed by atoms with E-state index in [2.05, 4.69) is 15.5 Å². The lowest BCUT2D eigenvalue weighted by Gasteiger charge is -2.14.